The maximum absolute atomic E-state index is 12.4. The van der Waals surface area contributed by atoms with Crippen molar-refractivity contribution in [1.29, 1.82) is 0 Å². The number of anilines is 1. The van der Waals surface area contributed by atoms with Crippen LogP contribution in [0, 0.1) is 5.92 Å². The number of hydrogen-bond acceptors (Lipinski definition) is 5. The molecule has 0 heterocycles. The van der Waals surface area contributed by atoms with E-state index < -0.39 is 11.9 Å². The van der Waals surface area contributed by atoms with Crippen LogP contribution in [0.3, 0.4) is 0 Å². The first kappa shape index (κ1) is 22.2. The third kappa shape index (κ3) is 6.22. The zero-order chi connectivity index (χ0) is 22.2. The van der Waals surface area contributed by atoms with Crippen molar-refractivity contribution in [1.82, 2.24) is 0 Å². The molecule has 0 aliphatic heterocycles. The van der Waals surface area contributed by atoms with Crippen molar-refractivity contribution in [2.24, 2.45) is 5.92 Å². The number of hydrogen-bond donors (Lipinski definition) is 1. The van der Waals surface area contributed by atoms with Gasteiger partial charge in [0.1, 0.15) is 0 Å². The second kappa shape index (κ2) is 10.5. The van der Waals surface area contributed by atoms with Gasteiger partial charge in [0.25, 0.3) is 5.91 Å². The maximum Gasteiger partial charge on any atom is 0.338 e. The molecule has 3 rings (SSSR count). The van der Waals surface area contributed by atoms with Crippen LogP contribution < -0.4 is 14.8 Å². The van der Waals surface area contributed by atoms with Gasteiger partial charge < -0.3 is 19.5 Å². The van der Waals surface area contributed by atoms with Gasteiger partial charge in [-0.15, -0.1) is 0 Å². The van der Waals surface area contributed by atoms with Gasteiger partial charge in [-0.05, 0) is 53.4 Å². The lowest BCUT2D eigenvalue weighted by Crippen LogP contribution is -2.21. The summed E-state index contributed by atoms with van der Waals surface area (Å²) >= 11 is 0. The molecule has 0 spiro atoms. The molecule has 3 aromatic carbocycles. The number of esters is 1. The summed E-state index contributed by atoms with van der Waals surface area (Å²) in [6, 6.07) is 18.3. The lowest BCUT2D eigenvalue weighted by Gasteiger charge is -2.13. The standard InChI is InChI=1S/C25H27NO5/c1-17(2)12-13-30-22-11-9-20(15-23(22)29-3)25(28)31-16-24(27)26-21-10-8-18-6-4-5-7-19(18)14-21/h4-11,14-15,17H,12-13,16H2,1-3H3,(H,26,27). The van der Waals surface area contributed by atoms with Gasteiger partial charge in [-0.1, -0.05) is 44.2 Å². The Hall–Kier alpha value is -3.54. The highest BCUT2D eigenvalue weighted by Gasteiger charge is 2.14. The molecule has 1 N–H and O–H groups in total. The average Bonchev–Trinajstić information content (AvgIpc) is 2.77. The molecule has 6 nitrogen and oxygen atoms in total. The average molecular weight is 421 g/mol. The van der Waals surface area contributed by atoms with Crippen LogP contribution in [0.1, 0.15) is 30.6 Å². The van der Waals surface area contributed by atoms with E-state index in [-0.39, 0.29) is 12.2 Å². The van der Waals surface area contributed by atoms with Crippen molar-refractivity contribution < 1.29 is 23.8 Å². The van der Waals surface area contributed by atoms with E-state index in [0.29, 0.717) is 29.7 Å². The SMILES string of the molecule is COc1cc(C(=O)OCC(=O)Nc2ccc3ccccc3c2)ccc1OCCC(C)C. The molecule has 0 atom stereocenters. The van der Waals surface area contributed by atoms with Crippen molar-refractivity contribution in [3.05, 3.63) is 66.2 Å². The number of ether oxygens (including phenoxy) is 3. The Morgan fingerprint density at radius 3 is 2.45 bits per heavy atom. The number of fused-ring (bicyclic) bond motifs is 1. The van der Waals surface area contributed by atoms with Crippen LogP contribution >= 0.6 is 0 Å². The van der Waals surface area contributed by atoms with Crippen molar-refractivity contribution >= 4 is 28.3 Å². The number of carbonyl (C=O) groups is 2. The second-order valence-corrected chi connectivity index (χ2v) is 7.58. The van der Waals surface area contributed by atoms with Crippen LogP contribution in [-0.4, -0.2) is 32.2 Å². The zero-order valence-electron chi connectivity index (χ0n) is 18.0. The number of rotatable bonds is 9. The highest BCUT2D eigenvalue weighted by atomic mass is 16.5. The topological polar surface area (TPSA) is 73.9 Å². The van der Waals surface area contributed by atoms with E-state index in [9.17, 15) is 9.59 Å². The van der Waals surface area contributed by atoms with Crippen LogP contribution in [0.5, 0.6) is 11.5 Å². The number of benzene rings is 3. The van der Waals surface area contributed by atoms with Gasteiger partial charge in [-0.25, -0.2) is 4.79 Å². The quantitative estimate of drug-likeness (QED) is 0.489. The molecule has 0 saturated carbocycles. The molecule has 0 bridgehead atoms. The lowest BCUT2D eigenvalue weighted by molar-refractivity contribution is -0.119. The largest absolute Gasteiger partial charge is 0.493 e. The Morgan fingerprint density at radius 1 is 0.935 bits per heavy atom. The van der Waals surface area contributed by atoms with Crippen molar-refractivity contribution in [2.75, 3.05) is 25.6 Å². The molecule has 31 heavy (non-hydrogen) atoms. The van der Waals surface area contributed by atoms with Crippen LogP contribution in [0.4, 0.5) is 5.69 Å². The molecule has 3 aromatic rings. The molecule has 0 unspecified atom stereocenters. The van der Waals surface area contributed by atoms with E-state index >= 15 is 0 Å². The number of carbonyl (C=O) groups excluding carboxylic acids is 2. The highest BCUT2D eigenvalue weighted by Crippen LogP contribution is 2.28. The smallest absolute Gasteiger partial charge is 0.338 e. The fourth-order valence-corrected chi connectivity index (χ4v) is 3.00. The predicted octanol–water partition coefficient (Wildman–Crippen LogP) is 5.07. The minimum absolute atomic E-state index is 0.284. The minimum Gasteiger partial charge on any atom is -0.493 e. The first-order valence-corrected chi connectivity index (χ1v) is 10.2. The molecule has 1 amide bonds. The molecule has 0 aliphatic carbocycles. The molecule has 6 heteroatoms. The fourth-order valence-electron chi connectivity index (χ4n) is 3.00. The fraction of sp³-hybridized carbons (Fsp3) is 0.280. The van der Waals surface area contributed by atoms with Gasteiger partial charge in [-0.2, -0.15) is 0 Å². The number of methoxy groups -OCH3 is 1. The second-order valence-electron chi connectivity index (χ2n) is 7.58. The van der Waals surface area contributed by atoms with Crippen LogP contribution in [0.25, 0.3) is 10.8 Å². The van der Waals surface area contributed by atoms with Gasteiger partial charge in [0.05, 0.1) is 19.3 Å². The first-order valence-electron chi connectivity index (χ1n) is 10.2. The van der Waals surface area contributed by atoms with Gasteiger partial charge in [-0.3, -0.25) is 4.79 Å². The summed E-state index contributed by atoms with van der Waals surface area (Å²) in [6.45, 7) is 4.42. The van der Waals surface area contributed by atoms with E-state index in [2.05, 4.69) is 19.2 Å². The Labute approximate surface area is 182 Å². The van der Waals surface area contributed by atoms with Crippen LogP contribution in [0.15, 0.2) is 60.7 Å². The molecule has 0 aliphatic rings. The summed E-state index contributed by atoms with van der Waals surface area (Å²) in [4.78, 5) is 24.6. The Kier molecular flexibility index (Phi) is 7.49. The Morgan fingerprint density at radius 2 is 1.71 bits per heavy atom. The van der Waals surface area contributed by atoms with Gasteiger partial charge in [0.15, 0.2) is 18.1 Å². The molecular weight excluding hydrogens is 394 g/mol. The van der Waals surface area contributed by atoms with Gasteiger partial charge in [0, 0.05) is 5.69 Å². The summed E-state index contributed by atoms with van der Waals surface area (Å²) in [6.07, 6.45) is 0.916. The van der Waals surface area contributed by atoms with Gasteiger partial charge in [0.2, 0.25) is 0 Å². The molecule has 0 fully saturated rings. The minimum atomic E-state index is -0.610. The molecular formula is C25H27NO5. The summed E-state index contributed by atoms with van der Waals surface area (Å²) < 4.78 is 16.2. The molecule has 0 aromatic heterocycles. The lowest BCUT2D eigenvalue weighted by atomic mass is 10.1. The van der Waals surface area contributed by atoms with E-state index in [1.54, 1.807) is 18.2 Å². The Bertz CT molecular complexity index is 1060. The van der Waals surface area contributed by atoms with Crippen molar-refractivity contribution in [3.8, 4) is 11.5 Å². The third-order valence-corrected chi connectivity index (χ3v) is 4.72. The zero-order valence-corrected chi connectivity index (χ0v) is 18.0. The van der Waals surface area contributed by atoms with Crippen molar-refractivity contribution in [3.63, 3.8) is 0 Å². The summed E-state index contributed by atoms with van der Waals surface area (Å²) in [5.74, 6) is 0.512. The van der Waals surface area contributed by atoms with E-state index in [1.165, 1.54) is 7.11 Å². The van der Waals surface area contributed by atoms with Gasteiger partial charge >= 0.3 is 5.97 Å². The van der Waals surface area contributed by atoms with E-state index in [4.69, 9.17) is 14.2 Å². The van der Waals surface area contributed by atoms with E-state index in [1.807, 2.05) is 42.5 Å². The predicted molar refractivity (Wildman–Crippen MR) is 121 cm³/mol. The molecule has 0 saturated heterocycles. The van der Waals surface area contributed by atoms with E-state index in [0.717, 1.165) is 17.2 Å². The first-order chi connectivity index (χ1) is 15.0. The normalized spacial score (nSPS) is 10.7. The molecule has 0 radical (unpaired) electrons. The maximum atomic E-state index is 12.4. The highest BCUT2D eigenvalue weighted by molar-refractivity contribution is 5.97. The summed E-state index contributed by atoms with van der Waals surface area (Å²) in [5, 5.41) is 4.84. The summed E-state index contributed by atoms with van der Waals surface area (Å²) in [5.41, 5.74) is 0.927. The Balaban J connectivity index is 1.55. The third-order valence-electron chi connectivity index (χ3n) is 4.72. The number of nitrogens with one attached hydrogen (secondary N) is 1. The van der Waals surface area contributed by atoms with Crippen LogP contribution in [-0.2, 0) is 9.53 Å². The van der Waals surface area contributed by atoms with Crippen LogP contribution in [0.2, 0.25) is 0 Å². The molecule has 162 valence electrons. The summed E-state index contributed by atoms with van der Waals surface area (Å²) in [7, 11) is 1.51. The number of amides is 1. The van der Waals surface area contributed by atoms with Crippen molar-refractivity contribution in [2.45, 2.75) is 20.3 Å². The monoisotopic (exact) mass is 421 g/mol.